The van der Waals surface area contributed by atoms with Gasteiger partial charge in [0, 0.05) is 17.1 Å². The molecule has 1 heterocycles. The summed E-state index contributed by atoms with van der Waals surface area (Å²) in [5, 5.41) is 4.10. The summed E-state index contributed by atoms with van der Waals surface area (Å²) in [6, 6.07) is 4.32. The summed E-state index contributed by atoms with van der Waals surface area (Å²) in [5.41, 5.74) is 6.27. The van der Waals surface area contributed by atoms with Crippen LogP contribution in [-0.2, 0) is 7.05 Å². The Bertz CT molecular complexity index is 489. The molecule has 0 saturated carbocycles. The summed E-state index contributed by atoms with van der Waals surface area (Å²) in [7, 11) is 1.70. The van der Waals surface area contributed by atoms with Gasteiger partial charge in [-0.05, 0) is 34.1 Å². The second-order valence-electron chi connectivity index (χ2n) is 3.04. The average molecular weight is 271 g/mol. The molecule has 0 saturated heterocycles. The van der Waals surface area contributed by atoms with Gasteiger partial charge in [0.05, 0.1) is 0 Å². The fraction of sp³-hybridized carbons (Fsp3) is 0.111. The third kappa shape index (κ3) is 1.85. The zero-order valence-corrected chi connectivity index (χ0v) is 9.49. The van der Waals surface area contributed by atoms with Gasteiger partial charge >= 0.3 is 0 Å². The molecule has 0 unspecified atom stereocenters. The molecule has 0 bridgehead atoms. The smallest absolute Gasteiger partial charge is 0.218 e. The molecular weight excluding hydrogens is 263 g/mol. The van der Waals surface area contributed by atoms with Gasteiger partial charge in [-0.25, -0.2) is 9.07 Å². The number of aromatic nitrogens is 3. The topological polar surface area (TPSA) is 56.7 Å². The molecule has 1 aromatic carbocycles. The van der Waals surface area contributed by atoms with E-state index in [4.69, 9.17) is 5.73 Å². The Morgan fingerprint density at radius 1 is 1.47 bits per heavy atom. The first-order chi connectivity index (χ1) is 7.08. The van der Waals surface area contributed by atoms with Gasteiger partial charge in [0.25, 0.3) is 0 Å². The molecule has 15 heavy (non-hydrogen) atoms. The summed E-state index contributed by atoms with van der Waals surface area (Å²) < 4.78 is 14.9. The van der Waals surface area contributed by atoms with Crippen molar-refractivity contribution >= 4 is 21.9 Å². The van der Waals surface area contributed by atoms with Crippen molar-refractivity contribution in [3.8, 4) is 11.4 Å². The van der Waals surface area contributed by atoms with Gasteiger partial charge < -0.3 is 5.73 Å². The van der Waals surface area contributed by atoms with Crippen LogP contribution in [0.4, 0.5) is 10.3 Å². The van der Waals surface area contributed by atoms with E-state index in [1.807, 2.05) is 0 Å². The van der Waals surface area contributed by atoms with Crippen LogP contribution in [-0.4, -0.2) is 14.8 Å². The maximum atomic E-state index is 12.8. The van der Waals surface area contributed by atoms with Crippen LogP contribution < -0.4 is 5.73 Å². The molecule has 0 amide bonds. The molecule has 0 spiro atoms. The standard InChI is InChI=1S/C9H8BrFN4/c1-15-9(12)13-8(14-15)6-3-2-5(11)4-7(6)10/h2-4H,1H3,(H2,12,13,14). The Kier molecular flexibility index (Phi) is 2.44. The highest BCUT2D eigenvalue weighted by Gasteiger charge is 2.10. The normalized spacial score (nSPS) is 10.6. The lowest BCUT2D eigenvalue weighted by Crippen LogP contribution is -1.97. The van der Waals surface area contributed by atoms with Crippen molar-refractivity contribution in [2.75, 3.05) is 5.73 Å². The molecule has 2 N–H and O–H groups in total. The lowest BCUT2D eigenvalue weighted by molar-refractivity contribution is 0.627. The predicted octanol–water partition coefficient (Wildman–Crippen LogP) is 1.97. The third-order valence-corrected chi connectivity index (χ3v) is 2.62. The number of halogens is 2. The molecule has 0 aliphatic carbocycles. The van der Waals surface area contributed by atoms with Crippen LogP contribution >= 0.6 is 15.9 Å². The predicted molar refractivity (Wildman–Crippen MR) is 58.5 cm³/mol. The van der Waals surface area contributed by atoms with E-state index in [0.717, 1.165) is 0 Å². The molecule has 0 aliphatic rings. The van der Waals surface area contributed by atoms with Crippen molar-refractivity contribution in [1.29, 1.82) is 0 Å². The maximum Gasteiger partial charge on any atom is 0.218 e. The second kappa shape index (κ2) is 3.62. The summed E-state index contributed by atoms with van der Waals surface area (Å²) in [6.45, 7) is 0. The summed E-state index contributed by atoms with van der Waals surface area (Å²) in [5.74, 6) is 0.484. The fourth-order valence-corrected chi connectivity index (χ4v) is 1.71. The van der Waals surface area contributed by atoms with E-state index >= 15 is 0 Å². The molecule has 2 rings (SSSR count). The molecule has 0 atom stereocenters. The Morgan fingerprint density at radius 2 is 2.20 bits per heavy atom. The number of hydrogen-bond acceptors (Lipinski definition) is 3. The van der Waals surface area contributed by atoms with E-state index in [1.54, 1.807) is 13.1 Å². The van der Waals surface area contributed by atoms with Crippen molar-refractivity contribution in [3.05, 3.63) is 28.5 Å². The van der Waals surface area contributed by atoms with Gasteiger partial charge in [0.1, 0.15) is 5.82 Å². The zero-order valence-electron chi connectivity index (χ0n) is 7.91. The minimum absolute atomic E-state index is 0.311. The monoisotopic (exact) mass is 270 g/mol. The number of anilines is 1. The molecule has 78 valence electrons. The number of nitrogen functional groups attached to an aromatic ring is 1. The Hall–Kier alpha value is -1.43. The van der Waals surface area contributed by atoms with Crippen LogP contribution in [0.3, 0.4) is 0 Å². The van der Waals surface area contributed by atoms with Gasteiger partial charge in [-0.2, -0.15) is 4.98 Å². The maximum absolute atomic E-state index is 12.8. The van der Waals surface area contributed by atoms with Crippen LogP contribution in [0.2, 0.25) is 0 Å². The van der Waals surface area contributed by atoms with Crippen LogP contribution in [0.25, 0.3) is 11.4 Å². The molecule has 4 nitrogen and oxygen atoms in total. The van der Waals surface area contributed by atoms with Crippen molar-refractivity contribution in [2.24, 2.45) is 7.05 Å². The minimum atomic E-state index is -0.311. The fourth-order valence-electron chi connectivity index (χ4n) is 1.18. The van der Waals surface area contributed by atoms with Gasteiger partial charge in [0.15, 0.2) is 5.82 Å². The summed E-state index contributed by atoms with van der Waals surface area (Å²) in [4.78, 5) is 4.05. The van der Waals surface area contributed by atoms with Gasteiger partial charge in [-0.15, -0.1) is 5.10 Å². The summed E-state index contributed by atoms with van der Waals surface area (Å²) in [6.07, 6.45) is 0. The molecule has 0 aliphatic heterocycles. The second-order valence-corrected chi connectivity index (χ2v) is 3.90. The number of aryl methyl sites for hydroxylation is 1. The van der Waals surface area contributed by atoms with Crippen molar-refractivity contribution in [1.82, 2.24) is 14.8 Å². The zero-order chi connectivity index (χ0) is 11.0. The van der Waals surface area contributed by atoms with Crippen molar-refractivity contribution in [2.45, 2.75) is 0 Å². The van der Waals surface area contributed by atoms with Crippen LogP contribution in [0, 0.1) is 5.82 Å². The van der Waals surface area contributed by atoms with E-state index in [2.05, 4.69) is 26.0 Å². The first-order valence-corrected chi connectivity index (χ1v) is 4.99. The van der Waals surface area contributed by atoms with Crippen LogP contribution in [0.15, 0.2) is 22.7 Å². The number of hydrogen-bond donors (Lipinski definition) is 1. The quantitative estimate of drug-likeness (QED) is 0.862. The number of benzene rings is 1. The number of nitrogens with zero attached hydrogens (tertiary/aromatic N) is 3. The molecule has 0 radical (unpaired) electrons. The highest BCUT2D eigenvalue weighted by molar-refractivity contribution is 9.10. The molecule has 1 aromatic heterocycles. The van der Waals surface area contributed by atoms with Gasteiger partial charge in [0.2, 0.25) is 5.95 Å². The highest BCUT2D eigenvalue weighted by Crippen LogP contribution is 2.26. The molecular formula is C9H8BrFN4. The van der Waals surface area contributed by atoms with Crippen LogP contribution in [0.1, 0.15) is 0 Å². The Morgan fingerprint density at radius 3 is 2.73 bits per heavy atom. The Balaban J connectivity index is 2.54. The van der Waals surface area contributed by atoms with E-state index in [0.29, 0.717) is 21.8 Å². The first-order valence-electron chi connectivity index (χ1n) is 4.20. The van der Waals surface area contributed by atoms with Crippen molar-refractivity contribution < 1.29 is 4.39 Å². The van der Waals surface area contributed by atoms with E-state index in [9.17, 15) is 4.39 Å². The SMILES string of the molecule is Cn1nc(-c2ccc(F)cc2Br)nc1N. The molecule has 2 aromatic rings. The first kappa shape index (κ1) is 10.1. The highest BCUT2D eigenvalue weighted by atomic mass is 79.9. The number of nitrogens with two attached hydrogens (primary N) is 1. The van der Waals surface area contributed by atoms with Gasteiger partial charge in [-0.3, -0.25) is 0 Å². The summed E-state index contributed by atoms with van der Waals surface area (Å²) >= 11 is 3.25. The van der Waals surface area contributed by atoms with E-state index in [-0.39, 0.29) is 5.82 Å². The lowest BCUT2D eigenvalue weighted by atomic mass is 10.2. The number of rotatable bonds is 1. The minimum Gasteiger partial charge on any atom is -0.368 e. The largest absolute Gasteiger partial charge is 0.368 e. The third-order valence-electron chi connectivity index (χ3n) is 1.97. The average Bonchev–Trinajstić information content (AvgIpc) is 2.46. The van der Waals surface area contributed by atoms with Crippen LogP contribution in [0.5, 0.6) is 0 Å². The van der Waals surface area contributed by atoms with E-state index < -0.39 is 0 Å². The lowest BCUT2D eigenvalue weighted by Gasteiger charge is -1.98. The van der Waals surface area contributed by atoms with Gasteiger partial charge in [-0.1, -0.05) is 0 Å². The van der Waals surface area contributed by atoms with Crippen molar-refractivity contribution in [3.63, 3.8) is 0 Å². The molecule has 6 heteroatoms. The Labute approximate surface area is 94.1 Å². The van der Waals surface area contributed by atoms with E-state index in [1.165, 1.54) is 16.8 Å². The molecule has 0 fully saturated rings.